The Kier molecular flexibility index (Phi) is 5.17. The molecule has 1 heterocycles. The summed E-state index contributed by atoms with van der Waals surface area (Å²) in [5.74, 6) is -1.29. The first kappa shape index (κ1) is 15.8. The molecule has 0 spiro atoms. The van der Waals surface area contributed by atoms with Gasteiger partial charge in [-0.25, -0.2) is 0 Å². The number of hydrogen-bond donors (Lipinski definition) is 1. The van der Waals surface area contributed by atoms with Crippen LogP contribution < -0.4 is 5.32 Å². The second-order valence-corrected chi connectivity index (χ2v) is 5.67. The van der Waals surface area contributed by atoms with Crippen LogP contribution in [0.3, 0.4) is 0 Å². The minimum absolute atomic E-state index is 0.0325. The molecule has 3 amide bonds. The van der Waals surface area contributed by atoms with Gasteiger partial charge in [-0.05, 0) is 26.8 Å². The maximum absolute atomic E-state index is 11.9. The van der Waals surface area contributed by atoms with Gasteiger partial charge in [-0.2, -0.15) is 0 Å². The van der Waals surface area contributed by atoms with Gasteiger partial charge in [0.15, 0.2) is 0 Å². The van der Waals surface area contributed by atoms with Crippen molar-refractivity contribution in [3.8, 4) is 0 Å². The van der Waals surface area contributed by atoms with E-state index in [0.29, 0.717) is 32.2 Å². The van der Waals surface area contributed by atoms with Gasteiger partial charge in [0.25, 0.3) is 0 Å². The molecule has 0 aromatic heterocycles. The Hall–Kier alpha value is -1.63. The average molecular weight is 296 g/mol. The zero-order valence-electron chi connectivity index (χ0n) is 12.8. The Labute approximate surface area is 125 Å². The number of nitrogens with zero attached hydrogens (tertiary/aromatic N) is 3. The summed E-state index contributed by atoms with van der Waals surface area (Å²) in [6.07, 6.45) is 2.48. The van der Waals surface area contributed by atoms with E-state index in [1.807, 2.05) is 6.92 Å². The second-order valence-electron chi connectivity index (χ2n) is 5.67. The normalized spacial score (nSPS) is 19.4. The molecule has 7 nitrogen and oxygen atoms in total. The van der Waals surface area contributed by atoms with Crippen LogP contribution in [-0.2, 0) is 14.4 Å². The molecule has 118 valence electrons. The fourth-order valence-corrected chi connectivity index (χ4v) is 2.47. The van der Waals surface area contributed by atoms with Crippen LogP contribution in [0.1, 0.15) is 19.8 Å². The molecule has 1 aliphatic heterocycles. The Morgan fingerprint density at radius 3 is 2.48 bits per heavy atom. The van der Waals surface area contributed by atoms with Gasteiger partial charge in [-0.1, -0.05) is 0 Å². The summed E-state index contributed by atoms with van der Waals surface area (Å²) in [6, 6.07) is 0.670. The SMILES string of the molecule is CCN1CCN(CC(=O)NCCN(C)C2CC2)C(=O)C1=O. The van der Waals surface area contributed by atoms with Crippen LogP contribution in [0.4, 0.5) is 0 Å². The highest BCUT2D eigenvalue weighted by Crippen LogP contribution is 2.24. The Bertz CT molecular complexity index is 422. The molecule has 0 atom stereocenters. The van der Waals surface area contributed by atoms with E-state index in [2.05, 4.69) is 17.3 Å². The largest absolute Gasteiger partial charge is 0.353 e. The summed E-state index contributed by atoms with van der Waals surface area (Å²) in [7, 11) is 2.05. The summed E-state index contributed by atoms with van der Waals surface area (Å²) in [5, 5.41) is 2.80. The fraction of sp³-hybridized carbons (Fsp3) is 0.786. The fourth-order valence-electron chi connectivity index (χ4n) is 2.47. The summed E-state index contributed by atoms with van der Waals surface area (Å²) >= 11 is 0. The van der Waals surface area contributed by atoms with E-state index in [1.54, 1.807) is 0 Å². The molecule has 21 heavy (non-hydrogen) atoms. The quantitative estimate of drug-likeness (QED) is 0.605. The van der Waals surface area contributed by atoms with Crippen molar-refractivity contribution in [1.29, 1.82) is 0 Å². The number of hydrogen-bond acceptors (Lipinski definition) is 4. The topological polar surface area (TPSA) is 73.0 Å². The molecule has 0 unspecified atom stereocenters. The minimum Gasteiger partial charge on any atom is -0.353 e. The summed E-state index contributed by atoms with van der Waals surface area (Å²) in [4.78, 5) is 40.5. The lowest BCUT2D eigenvalue weighted by molar-refractivity contribution is -0.156. The number of nitrogens with one attached hydrogen (secondary N) is 1. The third-order valence-corrected chi connectivity index (χ3v) is 4.07. The van der Waals surface area contributed by atoms with Gasteiger partial charge in [0, 0.05) is 38.8 Å². The molecular weight excluding hydrogens is 272 g/mol. The molecule has 0 bridgehead atoms. The van der Waals surface area contributed by atoms with Crippen molar-refractivity contribution in [2.45, 2.75) is 25.8 Å². The van der Waals surface area contributed by atoms with E-state index in [-0.39, 0.29) is 12.5 Å². The lowest BCUT2D eigenvalue weighted by Crippen LogP contribution is -2.56. The molecule has 2 rings (SSSR count). The van der Waals surface area contributed by atoms with E-state index >= 15 is 0 Å². The minimum atomic E-state index is -0.576. The molecule has 1 aliphatic carbocycles. The van der Waals surface area contributed by atoms with Crippen molar-refractivity contribution in [1.82, 2.24) is 20.0 Å². The van der Waals surface area contributed by atoms with Crippen LogP contribution in [-0.4, -0.2) is 84.8 Å². The van der Waals surface area contributed by atoms with Crippen LogP contribution >= 0.6 is 0 Å². The van der Waals surface area contributed by atoms with Crippen molar-refractivity contribution < 1.29 is 14.4 Å². The van der Waals surface area contributed by atoms with Crippen molar-refractivity contribution in [3.63, 3.8) is 0 Å². The molecule has 1 saturated heterocycles. The number of rotatable bonds is 7. The van der Waals surface area contributed by atoms with Crippen molar-refractivity contribution >= 4 is 17.7 Å². The number of carbonyl (C=O) groups is 3. The monoisotopic (exact) mass is 296 g/mol. The van der Waals surface area contributed by atoms with Gasteiger partial charge in [-0.3, -0.25) is 14.4 Å². The van der Waals surface area contributed by atoms with E-state index in [0.717, 1.165) is 6.54 Å². The first-order valence-corrected chi connectivity index (χ1v) is 7.58. The molecule has 7 heteroatoms. The highest BCUT2D eigenvalue weighted by Gasteiger charge is 2.32. The van der Waals surface area contributed by atoms with Crippen molar-refractivity contribution in [2.75, 3.05) is 46.3 Å². The van der Waals surface area contributed by atoms with Crippen LogP contribution in [0.15, 0.2) is 0 Å². The number of amides is 3. The van der Waals surface area contributed by atoms with Crippen LogP contribution in [0.25, 0.3) is 0 Å². The van der Waals surface area contributed by atoms with E-state index < -0.39 is 11.8 Å². The third kappa shape index (κ3) is 4.17. The van der Waals surface area contributed by atoms with Crippen LogP contribution in [0.5, 0.6) is 0 Å². The molecule has 0 aromatic carbocycles. The van der Waals surface area contributed by atoms with Crippen molar-refractivity contribution in [2.24, 2.45) is 0 Å². The van der Waals surface area contributed by atoms with Gasteiger partial charge >= 0.3 is 11.8 Å². The van der Waals surface area contributed by atoms with E-state index in [9.17, 15) is 14.4 Å². The number of likely N-dealkylation sites (N-methyl/N-ethyl adjacent to an activating group) is 2. The highest BCUT2D eigenvalue weighted by molar-refractivity contribution is 6.35. The number of carbonyl (C=O) groups excluding carboxylic acids is 3. The predicted molar refractivity (Wildman–Crippen MR) is 77.5 cm³/mol. The molecular formula is C14H24N4O3. The second kappa shape index (κ2) is 6.89. The molecule has 2 aliphatic rings. The van der Waals surface area contributed by atoms with Gasteiger partial charge in [0.1, 0.15) is 6.54 Å². The van der Waals surface area contributed by atoms with Gasteiger partial charge in [0.05, 0.1) is 0 Å². The predicted octanol–water partition coefficient (Wildman–Crippen LogP) is -1.11. The van der Waals surface area contributed by atoms with Gasteiger partial charge < -0.3 is 20.0 Å². The first-order chi connectivity index (χ1) is 10.0. The Balaban J connectivity index is 1.69. The molecule has 2 fully saturated rings. The lowest BCUT2D eigenvalue weighted by Gasteiger charge is -2.32. The maximum atomic E-state index is 11.9. The van der Waals surface area contributed by atoms with E-state index in [4.69, 9.17) is 0 Å². The van der Waals surface area contributed by atoms with Crippen LogP contribution in [0.2, 0.25) is 0 Å². The smallest absolute Gasteiger partial charge is 0.312 e. The molecule has 0 radical (unpaired) electrons. The standard InChI is InChI=1S/C14H24N4O3/c1-3-17-8-9-18(14(21)13(17)20)10-12(19)15-6-7-16(2)11-4-5-11/h11H,3-10H2,1-2H3,(H,15,19). The lowest BCUT2D eigenvalue weighted by atomic mass is 10.3. The van der Waals surface area contributed by atoms with E-state index in [1.165, 1.54) is 22.6 Å². The zero-order valence-corrected chi connectivity index (χ0v) is 12.8. The maximum Gasteiger partial charge on any atom is 0.312 e. The van der Waals surface area contributed by atoms with Gasteiger partial charge in [0.2, 0.25) is 5.91 Å². The molecule has 1 saturated carbocycles. The summed E-state index contributed by atoms with van der Waals surface area (Å²) in [5.41, 5.74) is 0. The first-order valence-electron chi connectivity index (χ1n) is 7.58. The third-order valence-electron chi connectivity index (χ3n) is 4.07. The van der Waals surface area contributed by atoms with Crippen molar-refractivity contribution in [3.05, 3.63) is 0 Å². The Morgan fingerprint density at radius 2 is 1.86 bits per heavy atom. The Morgan fingerprint density at radius 1 is 1.24 bits per heavy atom. The summed E-state index contributed by atoms with van der Waals surface area (Å²) < 4.78 is 0. The molecule has 0 aromatic rings. The summed E-state index contributed by atoms with van der Waals surface area (Å²) in [6.45, 7) is 4.64. The highest BCUT2D eigenvalue weighted by atomic mass is 16.2. The van der Waals surface area contributed by atoms with Crippen LogP contribution in [0, 0.1) is 0 Å². The zero-order chi connectivity index (χ0) is 15.4. The molecule has 1 N–H and O–H groups in total. The van der Waals surface area contributed by atoms with Gasteiger partial charge in [-0.15, -0.1) is 0 Å². The average Bonchev–Trinajstić information content (AvgIpc) is 3.28. The number of piperazine rings is 1.